The first-order chi connectivity index (χ1) is 7.68. The van der Waals surface area contributed by atoms with Crippen LogP contribution in [0, 0.1) is 5.41 Å². The zero-order valence-corrected chi connectivity index (χ0v) is 11.6. The molecule has 0 unspecified atom stereocenters. The molecule has 0 aliphatic carbocycles. The van der Waals surface area contributed by atoms with Crippen LogP contribution >= 0.6 is 0 Å². The van der Waals surface area contributed by atoms with Gasteiger partial charge in [0.25, 0.3) is 0 Å². The van der Waals surface area contributed by atoms with Crippen molar-refractivity contribution < 1.29 is 18.3 Å². The maximum absolute atomic E-state index is 12.0. The third kappa shape index (κ3) is 4.91. The number of hydrogen-bond donors (Lipinski definition) is 2. The normalized spacial score (nSPS) is 21.4. The third-order valence-electron chi connectivity index (χ3n) is 2.75. The Bertz CT molecular complexity index is 339. The van der Waals surface area contributed by atoms with E-state index in [0.29, 0.717) is 26.1 Å². The van der Waals surface area contributed by atoms with Gasteiger partial charge >= 0.3 is 0 Å². The summed E-state index contributed by atoms with van der Waals surface area (Å²) in [5, 5.41) is 9.42. The molecule has 1 saturated heterocycles. The first-order valence-corrected chi connectivity index (χ1v) is 7.54. The van der Waals surface area contributed by atoms with Crippen LogP contribution in [0.3, 0.4) is 0 Å². The molecule has 1 aliphatic heterocycles. The molecule has 1 rings (SSSR count). The summed E-state index contributed by atoms with van der Waals surface area (Å²) in [6.45, 7) is 6.42. The number of ether oxygens (including phenoxy) is 1. The molecule has 102 valence electrons. The number of aliphatic hydroxyl groups is 1. The van der Waals surface area contributed by atoms with Crippen LogP contribution in [0.2, 0.25) is 0 Å². The molecule has 0 saturated carbocycles. The Morgan fingerprint density at radius 2 is 1.82 bits per heavy atom. The third-order valence-corrected chi connectivity index (χ3v) is 4.74. The van der Waals surface area contributed by atoms with E-state index in [9.17, 15) is 13.5 Å². The standard InChI is InChI=1S/C11H23NO4S/c1-10(2,3)9-17(14,15)12-11(8-13)4-6-16-7-5-11/h12-13H,4-9H2,1-3H3. The van der Waals surface area contributed by atoms with Crippen LogP contribution in [0.15, 0.2) is 0 Å². The smallest absolute Gasteiger partial charge is 0.212 e. The maximum Gasteiger partial charge on any atom is 0.212 e. The van der Waals surface area contributed by atoms with E-state index in [-0.39, 0.29) is 17.8 Å². The van der Waals surface area contributed by atoms with Crippen LogP contribution in [-0.2, 0) is 14.8 Å². The average Bonchev–Trinajstić information content (AvgIpc) is 2.14. The van der Waals surface area contributed by atoms with E-state index in [2.05, 4.69) is 4.72 Å². The van der Waals surface area contributed by atoms with Gasteiger partial charge in [0.1, 0.15) is 0 Å². The Balaban J connectivity index is 2.73. The first kappa shape index (κ1) is 14.9. The summed E-state index contributed by atoms with van der Waals surface area (Å²) in [6.07, 6.45) is 1.04. The molecule has 0 aromatic rings. The van der Waals surface area contributed by atoms with Gasteiger partial charge in [-0.2, -0.15) is 0 Å². The molecule has 1 fully saturated rings. The zero-order valence-electron chi connectivity index (χ0n) is 10.8. The number of rotatable bonds is 4. The van der Waals surface area contributed by atoms with Gasteiger partial charge in [-0.1, -0.05) is 20.8 Å². The second-order valence-electron chi connectivity index (χ2n) is 5.97. The zero-order chi connectivity index (χ0) is 13.2. The number of sulfonamides is 1. The van der Waals surface area contributed by atoms with E-state index in [4.69, 9.17) is 4.74 Å². The number of nitrogens with one attached hydrogen (secondary N) is 1. The van der Waals surface area contributed by atoms with E-state index in [0.717, 1.165) is 0 Å². The van der Waals surface area contributed by atoms with Crippen LogP contribution in [-0.4, -0.2) is 44.6 Å². The summed E-state index contributed by atoms with van der Waals surface area (Å²) in [5.41, 5.74) is -1.03. The number of hydrogen-bond acceptors (Lipinski definition) is 4. The van der Waals surface area contributed by atoms with Crippen molar-refractivity contribution in [2.24, 2.45) is 5.41 Å². The van der Waals surface area contributed by atoms with Crippen molar-refractivity contribution in [3.05, 3.63) is 0 Å². The molecule has 1 heterocycles. The fourth-order valence-corrected chi connectivity index (χ4v) is 4.13. The van der Waals surface area contributed by atoms with Gasteiger partial charge in [0, 0.05) is 13.2 Å². The van der Waals surface area contributed by atoms with Gasteiger partial charge in [-0.15, -0.1) is 0 Å². The second-order valence-corrected chi connectivity index (χ2v) is 7.69. The van der Waals surface area contributed by atoms with Crippen LogP contribution in [0.25, 0.3) is 0 Å². The van der Waals surface area contributed by atoms with Crippen molar-refractivity contribution in [3.63, 3.8) is 0 Å². The van der Waals surface area contributed by atoms with Crippen molar-refractivity contribution in [1.29, 1.82) is 0 Å². The van der Waals surface area contributed by atoms with Gasteiger partial charge in [0.05, 0.1) is 17.9 Å². The molecule has 0 bridgehead atoms. The summed E-state index contributed by atoms with van der Waals surface area (Å²) in [7, 11) is -3.38. The molecule has 0 aromatic carbocycles. The lowest BCUT2D eigenvalue weighted by Crippen LogP contribution is -2.55. The van der Waals surface area contributed by atoms with Crippen LogP contribution in [0.1, 0.15) is 33.6 Å². The monoisotopic (exact) mass is 265 g/mol. The molecular formula is C11H23NO4S. The molecule has 0 atom stereocenters. The molecular weight excluding hydrogens is 242 g/mol. The van der Waals surface area contributed by atoms with Gasteiger partial charge in [-0.05, 0) is 18.3 Å². The van der Waals surface area contributed by atoms with Crippen molar-refractivity contribution in [3.8, 4) is 0 Å². The molecule has 17 heavy (non-hydrogen) atoms. The summed E-state index contributed by atoms with van der Waals surface area (Å²) < 4.78 is 31.9. The fourth-order valence-electron chi connectivity index (χ4n) is 1.99. The second kappa shape index (κ2) is 5.22. The molecule has 2 N–H and O–H groups in total. The Morgan fingerprint density at radius 3 is 2.24 bits per heavy atom. The lowest BCUT2D eigenvalue weighted by atomic mass is 9.93. The lowest BCUT2D eigenvalue weighted by molar-refractivity contribution is 0.0222. The summed E-state index contributed by atoms with van der Waals surface area (Å²) in [5.74, 6) is 0.0581. The van der Waals surface area contributed by atoms with Crippen molar-refractivity contribution in [2.75, 3.05) is 25.6 Å². The molecule has 5 nitrogen and oxygen atoms in total. The van der Waals surface area contributed by atoms with Gasteiger partial charge in [-0.25, -0.2) is 13.1 Å². The first-order valence-electron chi connectivity index (χ1n) is 5.88. The van der Waals surface area contributed by atoms with E-state index in [1.54, 1.807) is 0 Å². The van der Waals surface area contributed by atoms with Gasteiger partial charge in [0.15, 0.2) is 0 Å². The quantitative estimate of drug-likeness (QED) is 0.776. The predicted molar refractivity (Wildman–Crippen MR) is 66.2 cm³/mol. The van der Waals surface area contributed by atoms with E-state index < -0.39 is 15.6 Å². The van der Waals surface area contributed by atoms with Crippen LogP contribution in [0.5, 0.6) is 0 Å². The molecule has 0 amide bonds. The van der Waals surface area contributed by atoms with E-state index in [1.165, 1.54) is 0 Å². The maximum atomic E-state index is 12.0. The minimum absolute atomic E-state index is 0.0581. The van der Waals surface area contributed by atoms with Gasteiger partial charge < -0.3 is 9.84 Å². The molecule has 0 radical (unpaired) electrons. The van der Waals surface area contributed by atoms with E-state index >= 15 is 0 Å². The molecule has 1 aliphatic rings. The van der Waals surface area contributed by atoms with Crippen molar-refractivity contribution >= 4 is 10.0 Å². The highest BCUT2D eigenvalue weighted by Gasteiger charge is 2.37. The summed E-state index contributed by atoms with van der Waals surface area (Å²) in [4.78, 5) is 0. The lowest BCUT2D eigenvalue weighted by Gasteiger charge is -2.36. The van der Waals surface area contributed by atoms with Gasteiger partial charge in [-0.3, -0.25) is 0 Å². The topological polar surface area (TPSA) is 75.6 Å². The SMILES string of the molecule is CC(C)(C)CS(=O)(=O)NC1(CO)CCOCC1. The highest BCUT2D eigenvalue weighted by atomic mass is 32.2. The Morgan fingerprint density at radius 1 is 1.29 bits per heavy atom. The average molecular weight is 265 g/mol. The van der Waals surface area contributed by atoms with E-state index in [1.807, 2.05) is 20.8 Å². The van der Waals surface area contributed by atoms with Crippen molar-refractivity contribution in [1.82, 2.24) is 4.72 Å². The Kier molecular flexibility index (Phi) is 4.57. The summed E-state index contributed by atoms with van der Waals surface area (Å²) in [6, 6.07) is 0. The Hall–Kier alpha value is -0.170. The predicted octanol–water partition coefficient (Wildman–Crippen LogP) is 0.493. The Labute approximate surface area is 104 Å². The van der Waals surface area contributed by atoms with Gasteiger partial charge in [0.2, 0.25) is 10.0 Å². The van der Waals surface area contributed by atoms with Crippen LogP contribution < -0.4 is 4.72 Å². The minimum Gasteiger partial charge on any atom is -0.394 e. The molecule has 0 spiro atoms. The highest BCUT2D eigenvalue weighted by Crippen LogP contribution is 2.23. The van der Waals surface area contributed by atoms with Crippen molar-refractivity contribution in [2.45, 2.75) is 39.2 Å². The molecule has 6 heteroatoms. The minimum atomic E-state index is -3.38. The number of aliphatic hydroxyl groups excluding tert-OH is 1. The fraction of sp³-hybridized carbons (Fsp3) is 1.00. The summed E-state index contributed by atoms with van der Waals surface area (Å²) >= 11 is 0. The highest BCUT2D eigenvalue weighted by molar-refractivity contribution is 7.89. The van der Waals surface area contributed by atoms with Crippen LogP contribution in [0.4, 0.5) is 0 Å². The molecule has 0 aromatic heterocycles. The largest absolute Gasteiger partial charge is 0.394 e.